The van der Waals surface area contributed by atoms with Gasteiger partial charge >= 0.3 is 0 Å². The molecule has 26 nitrogen and oxygen atoms in total. The topological polar surface area (TPSA) is 406 Å². The van der Waals surface area contributed by atoms with Gasteiger partial charge in [-0.1, -0.05) is 18.2 Å². The number of methoxy groups -OCH3 is 2. The third-order valence-corrected chi connectivity index (χ3v) is 16.5. The van der Waals surface area contributed by atoms with Crippen LogP contribution in [0.3, 0.4) is 0 Å². The van der Waals surface area contributed by atoms with Crippen LogP contribution in [0.4, 0.5) is 45.5 Å². The molecule has 9 aromatic rings. The highest BCUT2D eigenvalue weighted by molar-refractivity contribution is 7.87. The second kappa shape index (κ2) is 22.4. The molecule has 0 spiro atoms. The molecule has 0 atom stereocenters. The van der Waals surface area contributed by atoms with Crippen LogP contribution in [0.5, 0.6) is 23.0 Å². The van der Waals surface area contributed by atoms with Crippen LogP contribution >= 0.6 is 0 Å². The second-order valence-corrected chi connectivity index (χ2v) is 24.8. The highest BCUT2D eigenvalue weighted by Gasteiger charge is 2.25. The molecule has 0 heterocycles. The summed E-state index contributed by atoms with van der Waals surface area (Å²) in [6, 6.07) is 29.6. The van der Waals surface area contributed by atoms with E-state index >= 15 is 0 Å². The number of anilines is 2. The maximum absolute atomic E-state index is 12.9. The van der Waals surface area contributed by atoms with Gasteiger partial charge in [0.15, 0.2) is 5.75 Å². The van der Waals surface area contributed by atoms with Crippen molar-refractivity contribution in [2.24, 2.45) is 30.7 Å². The van der Waals surface area contributed by atoms with Crippen molar-refractivity contribution in [3.63, 3.8) is 0 Å². The number of phenols is 1. The minimum Gasteiger partial charge on any atom is -0.505 e. The summed E-state index contributed by atoms with van der Waals surface area (Å²) in [6.45, 7) is -0.227. The maximum atomic E-state index is 12.9. The Morgan fingerprint density at radius 1 is 0.439 bits per heavy atom. The Labute approximate surface area is 465 Å². The Morgan fingerprint density at radius 3 is 1.65 bits per heavy atom. The molecule has 0 aliphatic rings. The molecule has 7 N–H and O–H groups in total. The van der Waals surface area contributed by atoms with E-state index in [4.69, 9.17) is 18.8 Å². The van der Waals surface area contributed by atoms with Gasteiger partial charge in [0.1, 0.15) is 38.4 Å². The molecular formula is C51H41N7O19S5. The maximum Gasteiger partial charge on any atom is 0.296 e. The Bertz CT molecular complexity index is 4800. The molecule has 0 aliphatic heterocycles. The summed E-state index contributed by atoms with van der Waals surface area (Å²) in [5.74, 6) is -0.902. The van der Waals surface area contributed by atoms with E-state index in [0.717, 1.165) is 36.4 Å². The number of fused-ring (bicyclic) bond motifs is 4. The van der Waals surface area contributed by atoms with Crippen LogP contribution in [0.1, 0.15) is 6.42 Å². The third kappa shape index (κ3) is 12.9. The van der Waals surface area contributed by atoms with Crippen LogP contribution in [0.2, 0.25) is 0 Å². The molecule has 31 heteroatoms. The molecule has 9 aromatic carbocycles. The molecule has 0 aliphatic carbocycles. The van der Waals surface area contributed by atoms with Crippen LogP contribution in [-0.4, -0.2) is 96.5 Å². The molecule has 82 heavy (non-hydrogen) atoms. The first kappa shape index (κ1) is 58.0. The number of azo groups is 3. The van der Waals surface area contributed by atoms with Crippen molar-refractivity contribution in [3.05, 3.63) is 133 Å². The molecule has 0 saturated carbocycles. The van der Waals surface area contributed by atoms with Gasteiger partial charge in [-0.15, -0.1) is 25.6 Å². The van der Waals surface area contributed by atoms with Gasteiger partial charge in [0.25, 0.3) is 50.6 Å². The van der Waals surface area contributed by atoms with E-state index in [2.05, 4.69) is 36.0 Å². The number of phenolic OH excluding ortho intramolecular Hbond substituents is 1. The number of hydrogen-bond donors (Lipinski definition) is 7. The zero-order chi connectivity index (χ0) is 59.1. The van der Waals surface area contributed by atoms with Crippen LogP contribution in [-0.2, 0) is 50.6 Å². The monoisotopic (exact) mass is 1220 g/mol. The van der Waals surface area contributed by atoms with E-state index in [9.17, 15) is 65.4 Å². The smallest absolute Gasteiger partial charge is 0.296 e. The van der Waals surface area contributed by atoms with Crippen LogP contribution in [0.25, 0.3) is 43.1 Å². The zero-order valence-corrected chi connectivity index (χ0v) is 46.1. The number of nitrogens with zero attached hydrogens (tertiary/aromatic N) is 6. The summed E-state index contributed by atoms with van der Waals surface area (Å²) in [7, 11) is -21.3. The summed E-state index contributed by atoms with van der Waals surface area (Å²) >= 11 is 0. The average molecular weight is 1220 g/mol. The Kier molecular flexibility index (Phi) is 15.8. The number of aromatic hydroxyl groups is 1. The van der Waals surface area contributed by atoms with Crippen LogP contribution in [0, 0.1) is 0 Å². The lowest BCUT2D eigenvalue weighted by molar-refractivity contribution is 0.315. The van der Waals surface area contributed by atoms with Gasteiger partial charge in [-0.25, -0.2) is 0 Å². The molecule has 0 bridgehead atoms. The normalized spacial score (nSPS) is 12.9. The second-order valence-electron chi connectivity index (χ2n) is 17.6. The summed E-state index contributed by atoms with van der Waals surface area (Å²) in [5, 5.41) is 40.8. The van der Waals surface area contributed by atoms with E-state index < -0.39 is 87.4 Å². The van der Waals surface area contributed by atoms with Gasteiger partial charge in [0.2, 0.25) is 0 Å². The van der Waals surface area contributed by atoms with Crippen molar-refractivity contribution in [2.75, 3.05) is 31.9 Å². The number of rotatable bonds is 19. The van der Waals surface area contributed by atoms with E-state index in [1.54, 1.807) is 30.3 Å². The molecule has 0 radical (unpaired) electrons. The summed E-state index contributed by atoms with van der Waals surface area (Å²) in [6.07, 6.45) is -0.132. The first-order valence-electron chi connectivity index (χ1n) is 23.3. The van der Waals surface area contributed by atoms with Crippen molar-refractivity contribution in [2.45, 2.75) is 26.0 Å². The van der Waals surface area contributed by atoms with Crippen molar-refractivity contribution < 1.29 is 84.2 Å². The molecular weight excluding hydrogens is 1170 g/mol. The van der Waals surface area contributed by atoms with E-state index in [0.29, 0.717) is 17.1 Å². The van der Waals surface area contributed by atoms with Gasteiger partial charge in [-0.05, 0) is 120 Å². The SMILES string of the molecule is COc1ccc(Nc2ccc3c(O)c(N=Nc4c(OC)cc(N=Nc5ccc(N=Nc6ccc7cc(OCCCS(=O)(=O)O)cc(S(=O)(=O)O)c7c6)c6ccc(S(=O)(=O)O)cc56)c5cc(S(=O)(=O)O)ccc45)c(S(=O)(=O)O)cc3c2)cc1. The van der Waals surface area contributed by atoms with Gasteiger partial charge in [0.05, 0.1) is 59.1 Å². The average Bonchev–Trinajstić information content (AvgIpc) is 3.57. The standard InChI is InChI=1S/C51H41N7O19S5/c1-75-33-9-6-30(7-10-33)52-31-8-13-37-29(20-31)22-48(82(72,73)74)50(51(37)59)58-57-49-39-15-12-36(80(66,67)68)26-42(39)45(27-46(49)76-2)56-55-44-17-16-43(38-14-11-35(25-41(38)44)79(63,64)65)54-53-32-5-4-28-21-34(77-18-3-19-78(60,61)62)24-47(40(28)23-32)81(69,70)71/h4-17,20-27,52,59H,3,18-19H2,1-2H3,(H,60,61,62)(H,63,64,65)(H,66,67,68)(H,69,70,71)(H,72,73,74). The third-order valence-electron chi connectivity index (χ3n) is 12.2. The highest BCUT2D eigenvalue weighted by atomic mass is 32.2. The highest BCUT2D eigenvalue weighted by Crippen LogP contribution is 2.47. The molecule has 0 aromatic heterocycles. The molecule has 0 saturated heterocycles. The lowest BCUT2D eigenvalue weighted by Crippen LogP contribution is -2.09. The summed E-state index contributed by atoms with van der Waals surface area (Å²) < 4.78 is 189. The Hall–Kier alpha value is -8.63. The van der Waals surface area contributed by atoms with Gasteiger partial charge in [0, 0.05) is 55.8 Å². The predicted molar refractivity (Wildman–Crippen MR) is 299 cm³/mol. The van der Waals surface area contributed by atoms with Crippen molar-refractivity contribution in [1.82, 2.24) is 0 Å². The minimum absolute atomic E-state index is 0.00138. The molecule has 0 unspecified atom stereocenters. The van der Waals surface area contributed by atoms with Crippen molar-refractivity contribution >= 4 is 139 Å². The number of nitrogens with one attached hydrogen (secondary N) is 1. The number of benzene rings is 9. The van der Waals surface area contributed by atoms with Crippen LogP contribution < -0.4 is 19.5 Å². The lowest BCUT2D eigenvalue weighted by Gasteiger charge is -2.13. The molecule has 424 valence electrons. The van der Waals surface area contributed by atoms with Crippen molar-refractivity contribution in [1.29, 1.82) is 0 Å². The van der Waals surface area contributed by atoms with E-state index in [1.807, 2.05) is 0 Å². The summed E-state index contributed by atoms with van der Waals surface area (Å²) in [5.41, 5.74) is 0.105. The fourth-order valence-electron chi connectivity index (χ4n) is 8.44. The van der Waals surface area contributed by atoms with E-state index in [-0.39, 0.29) is 96.1 Å². The molecule has 9 rings (SSSR count). The first-order chi connectivity index (χ1) is 38.6. The first-order valence-corrected chi connectivity index (χ1v) is 30.7. The lowest BCUT2D eigenvalue weighted by atomic mass is 10.1. The van der Waals surface area contributed by atoms with Crippen LogP contribution in [0.15, 0.2) is 184 Å². The molecule has 0 amide bonds. The number of ether oxygens (including phenoxy) is 3. The molecule has 0 fully saturated rings. The zero-order valence-electron chi connectivity index (χ0n) is 42.0. The largest absolute Gasteiger partial charge is 0.505 e. The van der Waals surface area contributed by atoms with Gasteiger partial charge in [-0.3, -0.25) is 22.8 Å². The minimum atomic E-state index is -5.12. The summed E-state index contributed by atoms with van der Waals surface area (Å²) in [4.78, 5) is -2.65. The Balaban J connectivity index is 1.10. The van der Waals surface area contributed by atoms with E-state index in [1.165, 1.54) is 80.9 Å². The predicted octanol–water partition coefficient (Wildman–Crippen LogP) is 11.7. The van der Waals surface area contributed by atoms with Gasteiger partial charge in [-0.2, -0.15) is 47.2 Å². The fourth-order valence-corrected chi connectivity index (χ4v) is 11.3. The fraction of sp³-hybridized carbons (Fsp3) is 0.0980. The van der Waals surface area contributed by atoms with Gasteiger partial charge < -0.3 is 24.6 Å². The Morgan fingerprint density at radius 2 is 1.02 bits per heavy atom. The quantitative estimate of drug-likeness (QED) is 0.0225. The van der Waals surface area contributed by atoms with Crippen molar-refractivity contribution in [3.8, 4) is 23.0 Å². The number of hydrogen-bond acceptors (Lipinski definition) is 21.